The van der Waals surface area contributed by atoms with Crippen molar-refractivity contribution in [2.24, 2.45) is 0 Å². The summed E-state index contributed by atoms with van der Waals surface area (Å²) in [4.78, 5) is 29.4. The Bertz CT molecular complexity index is 1080. The summed E-state index contributed by atoms with van der Waals surface area (Å²) in [6.07, 6.45) is 1.08. The van der Waals surface area contributed by atoms with Crippen molar-refractivity contribution in [2.75, 3.05) is 26.0 Å². The number of fused-ring (bicyclic) bond motifs is 4. The first-order valence-electron chi connectivity index (χ1n) is 10.6. The maximum atomic E-state index is 13.8. The van der Waals surface area contributed by atoms with Crippen molar-refractivity contribution in [3.05, 3.63) is 59.2 Å². The zero-order chi connectivity index (χ0) is 23.2. The molecule has 0 spiro atoms. The van der Waals surface area contributed by atoms with Gasteiger partial charge in [0.2, 0.25) is 11.8 Å². The topological polar surface area (TPSA) is 72.9 Å². The maximum Gasteiger partial charge on any atom is 0.233 e. The molecule has 32 heavy (non-hydrogen) atoms. The van der Waals surface area contributed by atoms with Gasteiger partial charge in [-0.15, -0.1) is 0 Å². The Balaban J connectivity index is 1.55. The van der Waals surface area contributed by atoms with Crippen LogP contribution < -0.4 is 5.32 Å². The van der Waals surface area contributed by atoms with Crippen LogP contribution in [0.3, 0.4) is 0 Å². The third-order valence-corrected chi connectivity index (χ3v) is 7.03. The Morgan fingerprint density at radius 1 is 1.25 bits per heavy atom. The quantitative estimate of drug-likeness (QED) is 0.713. The predicted molar refractivity (Wildman–Crippen MR) is 116 cm³/mol. The third kappa shape index (κ3) is 3.83. The van der Waals surface area contributed by atoms with Crippen LogP contribution in [0.5, 0.6) is 5.75 Å². The molecule has 0 saturated carbocycles. The molecule has 1 fully saturated rings. The monoisotopic (exact) mass is 443 g/mol. The number of nitrogens with zero attached hydrogens (tertiary/aromatic N) is 2. The fourth-order valence-corrected chi connectivity index (χ4v) is 5.34. The molecule has 2 aromatic carbocycles. The molecule has 1 heterocycles. The summed E-state index contributed by atoms with van der Waals surface area (Å²) < 4.78 is 26.9. The highest BCUT2D eigenvalue weighted by molar-refractivity contribution is 6.03. The van der Waals surface area contributed by atoms with Crippen LogP contribution in [0.2, 0.25) is 0 Å². The van der Waals surface area contributed by atoms with Crippen LogP contribution in [0.1, 0.15) is 30.9 Å². The Kier molecular flexibility index (Phi) is 5.67. The van der Waals surface area contributed by atoms with E-state index in [1.54, 1.807) is 24.1 Å². The lowest BCUT2D eigenvalue weighted by Gasteiger charge is -2.57. The van der Waals surface area contributed by atoms with Gasteiger partial charge in [0.25, 0.3) is 0 Å². The van der Waals surface area contributed by atoms with Crippen molar-refractivity contribution in [3.8, 4) is 5.75 Å². The number of amides is 2. The van der Waals surface area contributed by atoms with Crippen molar-refractivity contribution >= 4 is 17.5 Å². The molecule has 1 saturated heterocycles. The second-order valence-electron chi connectivity index (χ2n) is 9.06. The number of anilines is 1. The molecular weight excluding hydrogens is 416 g/mol. The number of nitrogens with one attached hydrogen (secondary N) is 1. The zero-order valence-corrected chi connectivity index (χ0v) is 18.4. The van der Waals surface area contributed by atoms with Crippen LogP contribution in [0.15, 0.2) is 36.4 Å². The van der Waals surface area contributed by atoms with E-state index in [0.717, 1.165) is 42.6 Å². The largest absolute Gasteiger partial charge is 0.508 e. The number of likely N-dealkylation sites (N-methyl/N-ethyl adjacent to an activating group) is 2. The van der Waals surface area contributed by atoms with E-state index in [4.69, 9.17) is 0 Å². The number of hydrogen-bond donors (Lipinski definition) is 2. The van der Waals surface area contributed by atoms with Crippen molar-refractivity contribution in [3.63, 3.8) is 0 Å². The minimum absolute atomic E-state index is 0.0670. The molecule has 4 rings (SSSR count). The molecule has 2 aliphatic rings. The number of phenolic OH excluding ortho intramolecular Hbond substituents is 1. The normalized spacial score (nSPS) is 24.5. The van der Waals surface area contributed by atoms with Crippen molar-refractivity contribution < 1.29 is 23.5 Å². The van der Waals surface area contributed by atoms with Gasteiger partial charge in [0, 0.05) is 24.6 Å². The lowest BCUT2D eigenvalue weighted by molar-refractivity contribution is -0.139. The second kappa shape index (κ2) is 8.16. The fourth-order valence-electron chi connectivity index (χ4n) is 5.34. The minimum atomic E-state index is -0.897. The highest BCUT2D eigenvalue weighted by Crippen LogP contribution is 2.47. The van der Waals surface area contributed by atoms with E-state index in [1.165, 1.54) is 0 Å². The Hall–Kier alpha value is -3.00. The molecule has 2 aromatic rings. The molecule has 1 aliphatic heterocycles. The van der Waals surface area contributed by atoms with Gasteiger partial charge in [0.15, 0.2) is 0 Å². The first-order chi connectivity index (χ1) is 15.1. The van der Waals surface area contributed by atoms with Gasteiger partial charge < -0.3 is 20.2 Å². The number of rotatable bonds is 4. The minimum Gasteiger partial charge on any atom is -0.508 e. The Morgan fingerprint density at radius 3 is 2.72 bits per heavy atom. The molecule has 2 N–H and O–H groups in total. The van der Waals surface area contributed by atoms with Gasteiger partial charge in [0.05, 0.1) is 11.7 Å². The van der Waals surface area contributed by atoms with Crippen LogP contribution in [0, 0.1) is 11.6 Å². The Morgan fingerprint density at radius 2 is 2.00 bits per heavy atom. The number of halogens is 2. The average molecular weight is 443 g/mol. The summed E-state index contributed by atoms with van der Waals surface area (Å²) in [6, 6.07) is 8.13. The van der Waals surface area contributed by atoms with E-state index in [-0.39, 0.29) is 34.8 Å². The van der Waals surface area contributed by atoms with E-state index in [2.05, 4.69) is 17.1 Å². The average Bonchev–Trinajstić information content (AvgIpc) is 2.73. The number of carbonyl (C=O) groups is 2. The van der Waals surface area contributed by atoms with E-state index in [0.29, 0.717) is 6.07 Å². The van der Waals surface area contributed by atoms with Gasteiger partial charge in [-0.1, -0.05) is 13.0 Å². The number of benzene rings is 2. The lowest BCUT2D eigenvalue weighted by atomic mass is 9.61. The lowest BCUT2D eigenvalue weighted by Crippen LogP contribution is -2.67. The number of likely N-dealkylation sites (tertiary alicyclic amines) is 1. The van der Waals surface area contributed by atoms with Crippen molar-refractivity contribution in [1.29, 1.82) is 0 Å². The first kappa shape index (κ1) is 22.2. The van der Waals surface area contributed by atoms with E-state index >= 15 is 0 Å². The van der Waals surface area contributed by atoms with Crippen LogP contribution in [0.4, 0.5) is 14.5 Å². The summed E-state index contributed by atoms with van der Waals surface area (Å²) in [6.45, 7) is 2.96. The fraction of sp³-hybridized carbons (Fsp3) is 0.417. The standard InChI is InChI=1S/C24H27F2N3O3/c1-24-8-9-28(2)20(10-14-4-6-16(30)12-17(14)24)23(24)29(3)22(32)13-21(31)27-19-7-5-15(25)11-18(19)26/h4-7,11-12,20,23,30H,8-10,13H2,1-3H3,(H,27,31)/t20-,23+,24?/m1/s1. The van der Waals surface area contributed by atoms with Crippen molar-refractivity contribution in [2.45, 2.75) is 43.7 Å². The summed E-state index contributed by atoms with van der Waals surface area (Å²) in [7, 11) is 3.72. The molecule has 2 amide bonds. The van der Waals surface area contributed by atoms with E-state index in [1.807, 2.05) is 13.1 Å². The van der Waals surface area contributed by atoms with Gasteiger partial charge in [0.1, 0.15) is 23.8 Å². The summed E-state index contributed by atoms with van der Waals surface area (Å²) >= 11 is 0. The van der Waals surface area contributed by atoms with Crippen LogP contribution in [-0.2, 0) is 21.4 Å². The molecule has 3 atom stereocenters. The molecule has 1 aliphatic carbocycles. The van der Waals surface area contributed by atoms with Crippen LogP contribution in [0.25, 0.3) is 0 Å². The van der Waals surface area contributed by atoms with Gasteiger partial charge in [-0.3, -0.25) is 9.59 Å². The molecule has 0 aromatic heterocycles. The predicted octanol–water partition coefficient (Wildman–Crippen LogP) is 3.04. The summed E-state index contributed by atoms with van der Waals surface area (Å²) in [5, 5.41) is 12.4. The number of piperidine rings is 1. The second-order valence-corrected chi connectivity index (χ2v) is 9.06. The molecule has 1 unspecified atom stereocenters. The van der Waals surface area contributed by atoms with Gasteiger partial charge in [-0.2, -0.15) is 0 Å². The van der Waals surface area contributed by atoms with Gasteiger partial charge >= 0.3 is 0 Å². The van der Waals surface area contributed by atoms with E-state index in [9.17, 15) is 23.5 Å². The number of carbonyl (C=O) groups excluding carboxylic acids is 2. The van der Waals surface area contributed by atoms with Crippen molar-refractivity contribution in [1.82, 2.24) is 9.80 Å². The highest BCUT2D eigenvalue weighted by Gasteiger charge is 2.52. The summed E-state index contributed by atoms with van der Waals surface area (Å²) in [5.41, 5.74) is 1.64. The summed E-state index contributed by atoms with van der Waals surface area (Å²) in [5.74, 6) is -2.50. The number of hydrogen-bond acceptors (Lipinski definition) is 4. The first-order valence-corrected chi connectivity index (χ1v) is 10.6. The van der Waals surface area contributed by atoms with Gasteiger partial charge in [-0.25, -0.2) is 8.78 Å². The molecule has 2 bridgehead atoms. The molecule has 170 valence electrons. The number of aromatic hydroxyl groups is 1. The number of phenols is 1. The molecule has 0 radical (unpaired) electrons. The smallest absolute Gasteiger partial charge is 0.233 e. The zero-order valence-electron chi connectivity index (χ0n) is 18.4. The van der Waals surface area contributed by atoms with Crippen LogP contribution in [-0.4, -0.2) is 59.4 Å². The molecule has 8 heteroatoms. The Labute approximate surface area is 185 Å². The molecular formula is C24H27F2N3O3. The third-order valence-electron chi connectivity index (χ3n) is 7.03. The van der Waals surface area contributed by atoms with E-state index < -0.39 is 24.0 Å². The van der Waals surface area contributed by atoms with Gasteiger partial charge in [-0.05, 0) is 61.8 Å². The SMILES string of the molecule is CN1CCC2(C)c3cc(O)ccc3C[C@@H]1[C@@H]2N(C)C(=O)CC(=O)Nc1ccc(F)cc1F. The van der Waals surface area contributed by atoms with Crippen LogP contribution >= 0.6 is 0 Å². The molecule has 6 nitrogen and oxygen atoms in total. The maximum absolute atomic E-state index is 13.8. The highest BCUT2D eigenvalue weighted by atomic mass is 19.1.